The van der Waals surface area contributed by atoms with Crippen LogP contribution in [0.1, 0.15) is 63.9 Å². The molecule has 0 heterocycles. The van der Waals surface area contributed by atoms with Crippen LogP contribution in [0.5, 0.6) is 0 Å². The van der Waals surface area contributed by atoms with Crippen molar-refractivity contribution in [2.45, 2.75) is 70.8 Å². The number of rotatable bonds is 14. The predicted octanol–water partition coefficient (Wildman–Crippen LogP) is 2.46. The minimum atomic E-state index is -0.956. The van der Waals surface area contributed by atoms with E-state index in [0.29, 0.717) is 13.0 Å². The molecule has 1 rings (SSSR count). The van der Waals surface area contributed by atoms with Crippen molar-refractivity contribution in [3.05, 3.63) is 35.9 Å². The number of unbranched alkanes of at least 4 members (excludes halogenated alkanes) is 4. The van der Waals surface area contributed by atoms with Gasteiger partial charge in [0.15, 0.2) is 0 Å². The summed E-state index contributed by atoms with van der Waals surface area (Å²) < 4.78 is 0. The normalized spacial score (nSPS) is 11.6. The van der Waals surface area contributed by atoms with Gasteiger partial charge >= 0.3 is 0 Å². The third-order valence-electron chi connectivity index (χ3n) is 4.38. The highest BCUT2D eigenvalue weighted by Gasteiger charge is 2.21. The number of nitrogens with one attached hydrogen (secondary N) is 2. The van der Waals surface area contributed by atoms with Gasteiger partial charge in [-0.1, -0.05) is 62.9 Å². The number of amides is 3. The Morgan fingerprint density at radius 3 is 2.33 bits per heavy atom. The Morgan fingerprint density at radius 2 is 1.67 bits per heavy atom. The van der Waals surface area contributed by atoms with Crippen molar-refractivity contribution in [3.63, 3.8) is 0 Å². The molecular formula is C21H33N3O3. The summed E-state index contributed by atoms with van der Waals surface area (Å²) in [6.07, 6.45) is 7.10. The lowest BCUT2D eigenvalue weighted by Crippen LogP contribution is -2.47. The van der Waals surface area contributed by atoms with Crippen molar-refractivity contribution in [2.75, 3.05) is 6.54 Å². The van der Waals surface area contributed by atoms with E-state index in [9.17, 15) is 14.4 Å². The Hall–Kier alpha value is -2.37. The van der Waals surface area contributed by atoms with Crippen LogP contribution in [0.3, 0.4) is 0 Å². The lowest BCUT2D eigenvalue weighted by molar-refractivity contribution is -0.130. The molecule has 150 valence electrons. The summed E-state index contributed by atoms with van der Waals surface area (Å²) in [4.78, 5) is 35.5. The van der Waals surface area contributed by atoms with Gasteiger partial charge < -0.3 is 16.4 Å². The van der Waals surface area contributed by atoms with Gasteiger partial charge in [-0.25, -0.2) is 0 Å². The van der Waals surface area contributed by atoms with E-state index in [1.54, 1.807) is 0 Å². The molecule has 1 aromatic carbocycles. The van der Waals surface area contributed by atoms with Crippen molar-refractivity contribution in [3.8, 4) is 0 Å². The summed E-state index contributed by atoms with van der Waals surface area (Å²) in [6, 6.07) is 9.07. The smallest absolute Gasteiger partial charge is 0.240 e. The second kappa shape index (κ2) is 13.8. The summed E-state index contributed by atoms with van der Waals surface area (Å²) >= 11 is 0. The van der Waals surface area contributed by atoms with E-state index >= 15 is 0 Å². The van der Waals surface area contributed by atoms with E-state index in [4.69, 9.17) is 5.73 Å². The molecule has 0 bridgehead atoms. The van der Waals surface area contributed by atoms with Crippen LogP contribution in [0, 0.1) is 0 Å². The summed E-state index contributed by atoms with van der Waals surface area (Å²) in [5, 5.41) is 5.36. The third kappa shape index (κ3) is 11.1. The summed E-state index contributed by atoms with van der Waals surface area (Å²) in [5.41, 5.74) is 6.54. The first-order valence-electron chi connectivity index (χ1n) is 9.92. The molecule has 6 heteroatoms. The SMILES string of the molecule is CCCCCCCC(=O)N[C@H](CC(=O)NCCCc1ccccc1)C(N)=O. The van der Waals surface area contributed by atoms with E-state index in [2.05, 4.69) is 17.6 Å². The van der Waals surface area contributed by atoms with Crippen LogP contribution in [0.25, 0.3) is 0 Å². The molecule has 1 atom stereocenters. The molecule has 6 nitrogen and oxygen atoms in total. The Morgan fingerprint density at radius 1 is 0.963 bits per heavy atom. The van der Waals surface area contributed by atoms with Gasteiger partial charge in [-0.2, -0.15) is 0 Å². The van der Waals surface area contributed by atoms with Crippen molar-refractivity contribution in [2.24, 2.45) is 5.73 Å². The van der Waals surface area contributed by atoms with Gasteiger partial charge in [0.25, 0.3) is 0 Å². The molecule has 0 aliphatic carbocycles. The van der Waals surface area contributed by atoms with Crippen LogP contribution >= 0.6 is 0 Å². The highest BCUT2D eigenvalue weighted by Crippen LogP contribution is 2.05. The number of nitrogens with two attached hydrogens (primary N) is 1. The number of carbonyl (C=O) groups excluding carboxylic acids is 3. The molecule has 0 spiro atoms. The first-order valence-corrected chi connectivity index (χ1v) is 9.92. The summed E-state index contributed by atoms with van der Waals surface area (Å²) in [6.45, 7) is 2.65. The molecule has 0 saturated heterocycles. The average Bonchev–Trinajstić information content (AvgIpc) is 2.65. The summed E-state index contributed by atoms with van der Waals surface area (Å²) in [7, 11) is 0. The van der Waals surface area contributed by atoms with Gasteiger partial charge in [0.2, 0.25) is 17.7 Å². The first kappa shape index (κ1) is 22.7. The van der Waals surface area contributed by atoms with Gasteiger partial charge in [-0.3, -0.25) is 14.4 Å². The van der Waals surface area contributed by atoms with E-state index in [1.807, 2.05) is 30.3 Å². The van der Waals surface area contributed by atoms with Crippen molar-refractivity contribution in [1.29, 1.82) is 0 Å². The molecule has 0 fully saturated rings. The lowest BCUT2D eigenvalue weighted by atomic mass is 10.1. The highest BCUT2D eigenvalue weighted by molar-refractivity contribution is 5.91. The molecule has 0 unspecified atom stereocenters. The number of hydrogen-bond acceptors (Lipinski definition) is 3. The maximum absolute atomic E-state index is 12.0. The maximum atomic E-state index is 12.0. The van der Waals surface area contributed by atoms with E-state index in [-0.39, 0.29) is 18.2 Å². The van der Waals surface area contributed by atoms with Gasteiger partial charge in [0.1, 0.15) is 6.04 Å². The molecule has 0 aliphatic heterocycles. The monoisotopic (exact) mass is 375 g/mol. The highest BCUT2D eigenvalue weighted by atomic mass is 16.2. The zero-order chi connectivity index (χ0) is 19.9. The maximum Gasteiger partial charge on any atom is 0.240 e. The van der Waals surface area contributed by atoms with Gasteiger partial charge in [-0.05, 0) is 24.8 Å². The van der Waals surface area contributed by atoms with Crippen molar-refractivity contribution in [1.82, 2.24) is 10.6 Å². The number of carbonyl (C=O) groups is 3. The van der Waals surface area contributed by atoms with Crippen molar-refractivity contribution < 1.29 is 14.4 Å². The molecule has 0 aliphatic rings. The predicted molar refractivity (Wildman–Crippen MR) is 107 cm³/mol. The van der Waals surface area contributed by atoms with Gasteiger partial charge in [-0.15, -0.1) is 0 Å². The fourth-order valence-electron chi connectivity index (χ4n) is 2.80. The largest absolute Gasteiger partial charge is 0.368 e. The van der Waals surface area contributed by atoms with Crippen molar-refractivity contribution >= 4 is 17.7 Å². The molecule has 0 radical (unpaired) electrons. The molecule has 27 heavy (non-hydrogen) atoms. The number of hydrogen-bond donors (Lipinski definition) is 3. The first-order chi connectivity index (χ1) is 13.0. The fraction of sp³-hybridized carbons (Fsp3) is 0.571. The standard InChI is InChI=1S/C21H33N3O3/c1-2-3-4-5-9-14-19(25)24-18(21(22)27)16-20(26)23-15-10-13-17-11-7-6-8-12-17/h6-8,11-12,18H,2-5,9-10,13-16H2,1H3,(H2,22,27)(H,23,26)(H,24,25)/t18-/m1/s1. The second-order valence-corrected chi connectivity index (χ2v) is 6.83. The van der Waals surface area contributed by atoms with Crippen LogP contribution in [0.2, 0.25) is 0 Å². The summed E-state index contributed by atoms with van der Waals surface area (Å²) in [5.74, 6) is -1.20. The molecule has 4 N–H and O–H groups in total. The number of aryl methyl sites for hydroxylation is 1. The Bertz CT molecular complexity index is 575. The molecule has 1 aromatic rings. The van der Waals surface area contributed by atoms with E-state index in [1.165, 1.54) is 5.56 Å². The fourth-order valence-corrected chi connectivity index (χ4v) is 2.80. The Labute approximate surface area is 162 Å². The van der Waals surface area contributed by atoms with Gasteiger partial charge in [0, 0.05) is 13.0 Å². The second-order valence-electron chi connectivity index (χ2n) is 6.83. The van der Waals surface area contributed by atoms with Crippen LogP contribution in [-0.4, -0.2) is 30.3 Å². The zero-order valence-electron chi connectivity index (χ0n) is 16.3. The lowest BCUT2D eigenvalue weighted by Gasteiger charge is -2.15. The molecule has 3 amide bonds. The topological polar surface area (TPSA) is 101 Å². The quantitative estimate of drug-likeness (QED) is 0.435. The number of primary amides is 1. The Kier molecular flexibility index (Phi) is 11.6. The van der Waals surface area contributed by atoms with Crippen LogP contribution in [0.15, 0.2) is 30.3 Å². The number of benzene rings is 1. The minimum absolute atomic E-state index is 0.123. The van der Waals surface area contributed by atoms with Crippen LogP contribution in [0.4, 0.5) is 0 Å². The van der Waals surface area contributed by atoms with Crippen LogP contribution < -0.4 is 16.4 Å². The van der Waals surface area contributed by atoms with Crippen LogP contribution in [-0.2, 0) is 20.8 Å². The van der Waals surface area contributed by atoms with E-state index < -0.39 is 11.9 Å². The molecular weight excluding hydrogens is 342 g/mol. The Balaban J connectivity index is 2.24. The van der Waals surface area contributed by atoms with Gasteiger partial charge in [0.05, 0.1) is 6.42 Å². The van der Waals surface area contributed by atoms with E-state index in [0.717, 1.165) is 44.9 Å². The third-order valence-corrected chi connectivity index (χ3v) is 4.38. The zero-order valence-corrected chi connectivity index (χ0v) is 16.3. The molecule has 0 aromatic heterocycles. The minimum Gasteiger partial charge on any atom is -0.368 e. The average molecular weight is 376 g/mol. The molecule has 0 saturated carbocycles.